The molecule has 2 aliphatic rings. The molecule has 0 aromatic heterocycles. The summed E-state index contributed by atoms with van der Waals surface area (Å²) in [7, 11) is 1.66. The minimum atomic E-state index is -0.384. The van der Waals surface area contributed by atoms with Crippen LogP contribution in [0.2, 0.25) is 0 Å². The minimum absolute atomic E-state index is 0.0495. The summed E-state index contributed by atoms with van der Waals surface area (Å²) in [5.41, 5.74) is 0. The fraction of sp³-hybridized carbons (Fsp3) is 1.00. The molecule has 0 radical (unpaired) electrons. The van der Waals surface area contributed by atoms with E-state index in [2.05, 4.69) is 20.8 Å². The Morgan fingerprint density at radius 3 is 2.48 bits per heavy atom. The second kappa shape index (κ2) is 7.91. The Kier molecular flexibility index (Phi) is 6.48. The van der Waals surface area contributed by atoms with Gasteiger partial charge in [-0.05, 0) is 30.6 Å². The molecule has 124 valence electrons. The summed E-state index contributed by atoms with van der Waals surface area (Å²) in [4.78, 5) is 0. The molecule has 0 saturated heterocycles. The van der Waals surface area contributed by atoms with Crippen molar-refractivity contribution in [2.45, 2.75) is 70.9 Å². The van der Waals surface area contributed by atoms with Crippen molar-refractivity contribution < 1.29 is 19.3 Å². The zero-order valence-electron chi connectivity index (χ0n) is 14.0. The van der Waals surface area contributed by atoms with Crippen LogP contribution in [0.3, 0.4) is 0 Å². The van der Waals surface area contributed by atoms with Gasteiger partial charge in [-0.25, -0.2) is 0 Å². The molecule has 0 spiro atoms. The summed E-state index contributed by atoms with van der Waals surface area (Å²) in [6.07, 6.45) is 4.22. The van der Waals surface area contributed by atoms with Gasteiger partial charge in [0.25, 0.3) is 0 Å². The van der Waals surface area contributed by atoms with Crippen molar-refractivity contribution in [1.29, 1.82) is 0 Å². The molecule has 2 fully saturated rings. The molecule has 6 unspecified atom stereocenters. The Hall–Kier alpha value is -0.160. The third-order valence-corrected chi connectivity index (χ3v) is 5.13. The van der Waals surface area contributed by atoms with Gasteiger partial charge in [-0.2, -0.15) is 0 Å². The maximum Gasteiger partial charge on any atom is 0.110 e. The number of rotatable bonds is 7. The highest BCUT2D eigenvalue weighted by Crippen LogP contribution is 2.38. The number of aliphatic hydroxyl groups excluding tert-OH is 1. The van der Waals surface area contributed by atoms with Crippen LogP contribution in [-0.2, 0) is 14.2 Å². The Morgan fingerprint density at radius 2 is 1.86 bits per heavy atom. The van der Waals surface area contributed by atoms with Gasteiger partial charge < -0.3 is 19.3 Å². The Morgan fingerprint density at radius 1 is 1.10 bits per heavy atom. The highest BCUT2D eigenvalue weighted by Gasteiger charge is 2.44. The Bertz CT molecular complexity index is 307. The number of methoxy groups -OCH3 is 1. The second-order valence-electron chi connectivity index (χ2n) is 7.17. The molecule has 0 heterocycles. The lowest BCUT2D eigenvalue weighted by molar-refractivity contribution is -0.223. The number of ether oxygens (including phenoxy) is 3. The molecule has 4 nitrogen and oxygen atoms in total. The van der Waals surface area contributed by atoms with Crippen LogP contribution >= 0.6 is 0 Å². The molecular weight excluding hydrogens is 268 g/mol. The predicted molar refractivity (Wildman–Crippen MR) is 82.2 cm³/mol. The van der Waals surface area contributed by atoms with Crippen molar-refractivity contribution >= 4 is 0 Å². The van der Waals surface area contributed by atoms with Gasteiger partial charge in [0.15, 0.2) is 0 Å². The van der Waals surface area contributed by atoms with Crippen LogP contribution in [-0.4, -0.2) is 49.8 Å². The molecule has 0 aliphatic heterocycles. The van der Waals surface area contributed by atoms with Crippen LogP contribution in [0.15, 0.2) is 0 Å². The number of hydrogen-bond acceptors (Lipinski definition) is 4. The fourth-order valence-electron chi connectivity index (χ4n) is 3.67. The van der Waals surface area contributed by atoms with Crippen molar-refractivity contribution in [2.75, 3.05) is 20.3 Å². The third kappa shape index (κ3) is 4.41. The molecule has 0 aromatic rings. The van der Waals surface area contributed by atoms with Gasteiger partial charge in [0, 0.05) is 13.5 Å². The molecule has 2 saturated carbocycles. The van der Waals surface area contributed by atoms with E-state index in [4.69, 9.17) is 14.2 Å². The van der Waals surface area contributed by atoms with Crippen LogP contribution in [0.1, 0.15) is 46.5 Å². The SMILES string of the molecule is COCCOC1C(O)CC1OC1CC(C)CCC1C(C)C. The smallest absolute Gasteiger partial charge is 0.110 e. The first-order valence-corrected chi connectivity index (χ1v) is 8.47. The molecule has 2 aliphatic carbocycles. The summed E-state index contributed by atoms with van der Waals surface area (Å²) in [5, 5.41) is 9.89. The van der Waals surface area contributed by atoms with E-state index in [0.29, 0.717) is 37.6 Å². The van der Waals surface area contributed by atoms with Crippen LogP contribution < -0.4 is 0 Å². The van der Waals surface area contributed by atoms with E-state index < -0.39 is 0 Å². The molecule has 2 rings (SSSR count). The van der Waals surface area contributed by atoms with E-state index in [1.54, 1.807) is 7.11 Å². The molecule has 0 amide bonds. The first-order valence-electron chi connectivity index (χ1n) is 8.47. The predicted octanol–water partition coefficient (Wildman–Crippen LogP) is 2.63. The molecule has 6 atom stereocenters. The van der Waals surface area contributed by atoms with Crippen LogP contribution in [0.4, 0.5) is 0 Å². The average Bonchev–Trinajstić information content (AvgIpc) is 2.43. The van der Waals surface area contributed by atoms with Gasteiger partial charge in [0.1, 0.15) is 6.10 Å². The van der Waals surface area contributed by atoms with E-state index >= 15 is 0 Å². The van der Waals surface area contributed by atoms with Crippen LogP contribution in [0, 0.1) is 17.8 Å². The molecular formula is C17H32O4. The van der Waals surface area contributed by atoms with Crippen molar-refractivity contribution in [1.82, 2.24) is 0 Å². The van der Waals surface area contributed by atoms with E-state index in [9.17, 15) is 5.11 Å². The molecule has 1 N–H and O–H groups in total. The quantitative estimate of drug-likeness (QED) is 0.734. The van der Waals surface area contributed by atoms with E-state index in [-0.39, 0.29) is 18.3 Å². The summed E-state index contributed by atoms with van der Waals surface area (Å²) in [6, 6.07) is 0. The lowest BCUT2D eigenvalue weighted by Gasteiger charge is -2.46. The number of hydrogen-bond donors (Lipinski definition) is 1. The first-order chi connectivity index (χ1) is 10.0. The monoisotopic (exact) mass is 300 g/mol. The maximum absolute atomic E-state index is 9.89. The normalized spacial score (nSPS) is 40.3. The Balaban J connectivity index is 1.86. The topological polar surface area (TPSA) is 47.9 Å². The van der Waals surface area contributed by atoms with Crippen molar-refractivity contribution in [3.05, 3.63) is 0 Å². The Labute approximate surface area is 129 Å². The maximum atomic E-state index is 9.89. The van der Waals surface area contributed by atoms with Crippen LogP contribution in [0.5, 0.6) is 0 Å². The summed E-state index contributed by atoms with van der Waals surface area (Å²) >= 11 is 0. The molecule has 21 heavy (non-hydrogen) atoms. The standard InChI is InChI=1S/C17H32O4/c1-11(2)13-6-5-12(3)9-15(13)21-16-10-14(18)17(16)20-8-7-19-4/h11-18H,5-10H2,1-4H3. The van der Waals surface area contributed by atoms with Gasteiger partial charge in [-0.15, -0.1) is 0 Å². The molecule has 0 bridgehead atoms. The third-order valence-electron chi connectivity index (χ3n) is 5.13. The lowest BCUT2D eigenvalue weighted by atomic mass is 9.75. The minimum Gasteiger partial charge on any atom is -0.390 e. The summed E-state index contributed by atoms with van der Waals surface area (Å²) in [5.74, 6) is 2.03. The highest BCUT2D eigenvalue weighted by molar-refractivity contribution is 4.94. The lowest BCUT2D eigenvalue weighted by Crippen LogP contribution is -2.56. The zero-order valence-corrected chi connectivity index (χ0v) is 14.0. The van der Waals surface area contributed by atoms with Crippen LogP contribution in [0.25, 0.3) is 0 Å². The van der Waals surface area contributed by atoms with E-state index in [0.717, 1.165) is 12.3 Å². The average molecular weight is 300 g/mol. The van der Waals surface area contributed by atoms with Gasteiger partial charge in [-0.1, -0.05) is 27.2 Å². The largest absolute Gasteiger partial charge is 0.390 e. The van der Waals surface area contributed by atoms with Gasteiger partial charge >= 0.3 is 0 Å². The van der Waals surface area contributed by atoms with E-state index in [1.165, 1.54) is 12.8 Å². The van der Waals surface area contributed by atoms with Crippen molar-refractivity contribution in [3.63, 3.8) is 0 Å². The van der Waals surface area contributed by atoms with E-state index in [1.807, 2.05) is 0 Å². The fourth-order valence-corrected chi connectivity index (χ4v) is 3.67. The van der Waals surface area contributed by atoms with Crippen molar-refractivity contribution in [3.8, 4) is 0 Å². The number of aliphatic hydroxyl groups is 1. The summed E-state index contributed by atoms with van der Waals surface area (Å²) in [6.45, 7) is 7.98. The molecule has 0 aromatic carbocycles. The van der Waals surface area contributed by atoms with Gasteiger partial charge in [0.05, 0.1) is 31.5 Å². The van der Waals surface area contributed by atoms with Gasteiger partial charge in [-0.3, -0.25) is 0 Å². The van der Waals surface area contributed by atoms with Gasteiger partial charge in [0.2, 0.25) is 0 Å². The van der Waals surface area contributed by atoms with Crippen molar-refractivity contribution in [2.24, 2.45) is 17.8 Å². The molecule has 4 heteroatoms. The summed E-state index contributed by atoms with van der Waals surface area (Å²) < 4.78 is 17.1. The second-order valence-corrected chi connectivity index (χ2v) is 7.17. The highest BCUT2D eigenvalue weighted by atomic mass is 16.6. The zero-order chi connectivity index (χ0) is 15.4. The first kappa shape index (κ1) is 17.2.